The summed E-state index contributed by atoms with van der Waals surface area (Å²) < 4.78 is 0. The molecule has 0 amide bonds. The van der Waals surface area contributed by atoms with Gasteiger partial charge in [-0.1, -0.05) is 0 Å². The molecule has 0 saturated heterocycles. The van der Waals surface area contributed by atoms with Crippen LogP contribution in [0.25, 0.3) is 0 Å². The number of nitrogens with one attached hydrogen (secondary N) is 1. The van der Waals surface area contributed by atoms with Gasteiger partial charge in [-0.15, -0.1) is 11.3 Å². The molecule has 0 radical (unpaired) electrons. The van der Waals surface area contributed by atoms with Crippen molar-refractivity contribution < 1.29 is 5.11 Å². The van der Waals surface area contributed by atoms with Gasteiger partial charge in [0.15, 0.2) is 5.13 Å². The van der Waals surface area contributed by atoms with Crippen molar-refractivity contribution in [3.63, 3.8) is 0 Å². The quantitative estimate of drug-likeness (QED) is 0.641. The highest BCUT2D eigenvalue weighted by Gasteiger charge is 2.06. The molecule has 2 N–H and O–H groups in total. The van der Waals surface area contributed by atoms with Gasteiger partial charge in [-0.2, -0.15) is 0 Å². The van der Waals surface area contributed by atoms with Gasteiger partial charge in [0.05, 0.1) is 0 Å². The fraction of sp³-hybridized carbons (Fsp3) is 0.769. The monoisotopic (exact) mass is 271 g/mol. The molecule has 0 spiro atoms. The van der Waals surface area contributed by atoms with Crippen LogP contribution in [0.1, 0.15) is 38.0 Å². The maximum atomic E-state index is 8.67. The number of nitrogens with zero attached hydrogens (tertiary/aromatic N) is 2. The lowest BCUT2D eigenvalue weighted by Gasteiger charge is -2.16. The average molecular weight is 271 g/mol. The van der Waals surface area contributed by atoms with Crippen LogP contribution in [0.3, 0.4) is 0 Å². The lowest BCUT2D eigenvalue weighted by molar-refractivity contribution is 0.283. The van der Waals surface area contributed by atoms with Crippen LogP contribution in [0, 0.1) is 0 Å². The van der Waals surface area contributed by atoms with E-state index in [1.165, 1.54) is 4.88 Å². The number of hydrogen-bond acceptors (Lipinski definition) is 5. The van der Waals surface area contributed by atoms with Crippen LogP contribution >= 0.6 is 11.3 Å². The van der Waals surface area contributed by atoms with E-state index < -0.39 is 0 Å². The molecule has 0 aliphatic rings. The maximum absolute atomic E-state index is 8.67. The molecule has 0 fully saturated rings. The van der Waals surface area contributed by atoms with Crippen molar-refractivity contribution in [2.24, 2.45) is 0 Å². The molecule has 1 aromatic rings. The van der Waals surface area contributed by atoms with Crippen molar-refractivity contribution in [2.75, 3.05) is 31.1 Å². The summed E-state index contributed by atoms with van der Waals surface area (Å²) in [5.74, 6) is 0. The second-order valence-corrected chi connectivity index (χ2v) is 5.34. The van der Waals surface area contributed by atoms with Crippen LogP contribution in [-0.4, -0.2) is 36.3 Å². The van der Waals surface area contributed by atoms with E-state index in [2.05, 4.69) is 29.0 Å². The normalized spacial score (nSPS) is 10.8. The predicted octanol–water partition coefficient (Wildman–Crippen LogP) is 2.24. The van der Waals surface area contributed by atoms with E-state index in [0.717, 1.165) is 50.6 Å². The lowest BCUT2D eigenvalue weighted by Crippen LogP contribution is -2.21. The summed E-state index contributed by atoms with van der Waals surface area (Å²) in [6.45, 7) is 8.56. The third-order valence-electron chi connectivity index (χ3n) is 2.89. The van der Waals surface area contributed by atoms with E-state index >= 15 is 0 Å². The number of hydrogen-bond donors (Lipinski definition) is 2. The number of aromatic nitrogens is 1. The first kappa shape index (κ1) is 15.4. The van der Waals surface area contributed by atoms with Crippen molar-refractivity contribution in [1.82, 2.24) is 10.3 Å². The molecule has 0 atom stereocenters. The first-order valence-electron chi connectivity index (χ1n) is 6.83. The van der Waals surface area contributed by atoms with Crippen molar-refractivity contribution in [3.8, 4) is 0 Å². The third-order valence-corrected chi connectivity index (χ3v) is 3.94. The zero-order chi connectivity index (χ0) is 13.2. The molecule has 0 aliphatic heterocycles. The Kier molecular flexibility index (Phi) is 7.96. The Labute approximate surface area is 114 Å². The molecule has 5 heteroatoms. The second kappa shape index (κ2) is 9.30. The van der Waals surface area contributed by atoms with Crippen molar-refractivity contribution in [1.29, 1.82) is 0 Å². The van der Waals surface area contributed by atoms with Gasteiger partial charge in [-0.05, 0) is 39.7 Å². The van der Waals surface area contributed by atoms with Gasteiger partial charge < -0.3 is 15.3 Å². The van der Waals surface area contributed by atoms with Gasteiger partial charge in [0.2, 0.25) is 0 Å². The lowest BCUT2D eigenvalue weighted by atomic mass is 10.2. The van der Waals surface area contributed by atoms with Crippen molar-refractivity contribution >= 4 is 16.5 Å². The zero-order valence-electron chi connectivity index (χ0n) is 11.5. The average Bonchev–Trinajstić information content (AvgIpc) is 2.84. The molecule has 1 heterocycles. The van der Waals surface area contributed by atoms with Crippen LogP contribution in [0.4, 0.5) is 5.13 Å². The number of unbranched alkanes of at least 4 members (excludes halogenated alkanes) is 2. The number of anilines is 1. The number of aliphatic hydroxyl groups excluding tert-OH is 1. The van der Waals surface area contributed by atoms with Crippen molar-refractivity contribution in [3.05, 3.63) is 11.1 Å². The molecule has 18 heavy (non-hydrogen) atoms. The van der Waals surface area contributed by atoms with Gasteiger partial charge in [-0.25, -0.2) is 4.98 Å². The fourth-order valence-electron chi connectivity index (χ4n) is 1.77. The Morgan fingerprint density at radius 2 is 2.06 bits per heavy atom. The predicted molar refractivity (Wildman–Crippen MR) is 78.3 cm³/mol. The number of thiazole rings is 1. The first-order valence-corrected chi connectivity index (χ1v) is 7.64. The molecule has 104 valence electrons. The van der Waals surface area contributed by atoms with Crippen molar-refractivity contribution in [2.45, 2.75) is 39.7 Å². The SMILES string of the molecule is CCN(CC)c1ncc(CNCCCCCO)s1. The largest absolute Gasteiger partial charge is 0.396 e. The van der Waals surface area contributed by atoms with Gasteiger partial charge >= 0.3 is 0 Å². The van der Waals surface area contributed by atoms with E-state index in [-0.39, 0.29) is 0 Å². The summed E-state index contributed by atoms with van der Waals surface area (Å²) in [7, 11) is 0. The minimum atomic E-state index is 0.308. The zero-order valence-corrected chi connectivity index (χ0v) is 12.3. The molecular formula is C13H25N3OS. The van der Waals surface area contributed by atoms with Crippen LogP contribution in [0.5, 0.6) is 0 Å². The summed E-state index contributed by atoms with van der Waals surface area (Å²) in [5, 5.41) is 13.2. The van der Waals surface area contributed by atoms with Crippen LogP contribution in [0.2, 0.25) is 0 Å². The van der Waals surface area contributed by atoms with E-state index in [9.17, 15) is 0 Å². The van der Waals surface area contributed by atoms with Gasteiger partial charge in [0.25, 0.3) is 0 Å². The molecule has 0 saturated carbocycles. The second-order valence-electron chi connectivity index (χ2n) is 4.24. The first-order chi connectivity index (χ1) is 8.81. The Hall–Kier alpha value is -0.650. The molecule has 4 nitrogen and oxygen atoms in total. The topological polar surface area (TPSA) is 48.4 Å². The van der Waals surface area contributed by atoms with Crippen LogP contribution < -0.4 is 10.2 Å². The van der Waals surface area contributed by atoms with E-state index in [1.807, 2.05) is 6.20 Å². The number of rotatable bonds is 10. The highest BCUT2D eigenvalue weighted by Crippen LogP contribution is 2.21. The summed E-state index contributed by atoms with van der Waals surface area (Å²) in [6.07, 6.45) is 5.10. The maximum Gasteiger partial charge on any atom is 0.185 e. The fourth-order valence-corrected chi connectivity index (χ4v) is 2.78. The van der Waals surface area contributed by atoms with Crippen LogP contribution in [-0.2, 0) is 6.54 Å². The molecule has 0 bridgehead atoms. The molecule has 0 unspecified atom stereocenters. The summed E-state index contributed by atoms with van der Waals surface area (Å²) >= 11 is 1.77. The van der Waals surface area contributed by atoms with E-state index in [0.29, 0.717) is 6.61 Å². The standard InChI is InChI=1S/C13H25N3OS/c1-3-16(4-2)13-15-11-12(18-13)10-14-8-6-5-7-9-17/h11,14,17H,3-10H2,1-2H3. The summed E-state index contributed by atoms with van der Waals surface area (Å²) in [6, 6.07) is 0. The highest BCUT2D eigenvalue weighted by atomic mass is 32.1. The summed E-state index contributed by atoms with van der Waals surface area (Å²) in [4.78, 5) is 8.02. The van der Waals surface area contributed by atoms with E-state index in [1.54, 1.807) is 11.3 Å². The Bertz CT molecular complexity index is 313. The minimum Gasteiger partial charge on any atom is -0.396 e. The van der Waals surface area contributed by atoms with Gasteiger partial charge in [0.1, 0.15) is 0 Å². The van der Waals surface area contributed by atoms with Gasteiger partial charge in [0, 0.05) is 37.3 Å². The molecule has 1 rings (SSSR count). The molecular weight excluding hydrogens is 246 g/mol. The Balaban J connectivity index is 2.23. The molecule has 0 aliphatic carbocycles. The summed E-state index contributed by atoms with van der Waals surface area (Å²) in [5.41, 5.74) is 0. The third kappa shape index (κ3) is 5.33. The minimum absolute atomic E-state index is 0.308. The smallest absolute Gasteiger partial charge is 0.185 e. The Morgan fingerprint density at radius 1 is 1.28 bits per heavy atom. The Morgan fingerprint density at radius 3 is 2.72 bits per heavy atom. The van der Waals surface area contributed by atoms with E-state index in [4.69, 9.17) is 5.11 Å². The molecule has 1 aromatic heterocycles. The number of aliphatic hydroxyl groups is 1. The highest BCUT2D eigenvalue weighted by molar-refractivity contribution is 7.15. The molecule has 0 aromatic carbocycles. The van der Waals surface area contributed by atoms with Crippen LogP contribution in [0.15, 0.2) is 6.20 Å². The van der Waals surface area contributed by atoms with Gasteiger partial charge in [-0.3, -0.25) is 0 Å².